The van der Waals surface area contributed by atoms with Crippen LogP contribution in [0.15, 0.2) is 4.47 Å². The predicted octanol–water partition coefficient (Wildman–Crippen LogP) is 3.42. The van der Waals surface area contributed by atoms with Gasteiger partial charge in [0.25, 0.3) is 0 Å². The highest BCUT2D eigenvalue weighted by Gasteiger charge is 2.25. The van der Waals surface area contributed by atoms with E-state index in [-0.39, 0.29) is 0 Å². The summed E-state index contributed by atoms with van der Waals surface area (Å²) < 4.78 is 7.85. The van der Waals surface area contributed by atoms with Gasteiger partial charge in [-0.1, -0.05) is 13.8 Å². The van der Waals surface area contributed by atoms with E-state index in [0.29, 0.717) is 29.1 Å². The summed E-state index contributed by atoms with van der Waals surface area (Å²) >= 11 is 3.44. The molecule has 0 aliphatic carbocycles. The topological polar surface area (TPSA) is 51.5 Å². The molecule has 0 aliphatic heterocycles. The average Bonchev–Trinajstić information content (AvgIpc) is 2.57. The van der Waals surface area contributed by atoms with E-state index >= 15 is 0 Å². The van der Waals surface area contributed by atoms with Crippen LogP contribution in [0.1, 0.15) is 47.9 Å². The quantitative estimate of drug-likeness (QED) is 0.874. The van der Waals surface area contributed by atoms with Crippen LogP contribution in [0.2, 0.25) is 0 Å². The van der Waals surface area contributed by atoms with Gasteiger partial charge in [-0.05, 0) is 35.2 Å². The zero-order valence-electron chi connectivity index (χ0n) is 11.3. The summed E-state index contributed by atoms with van der Waals surface area (Å²) in [7, 11) is 1.65. The van der Waals surface area contributed by atoms with Gasteiger partial charge in [0.15, 0.2) is 0 Å². The summed E-state index contributed by atoms with van der Waals surface area (Å²) in [5.74, 6) is -0.580. The van der Waals surface area contributed by atoms with Gasteiger partial charge < -0.3 is 14.4 Å². The van der Waals surface area contributed by atoms with Crippen LogP contribution in [0.5, 0.6) is 0 Å². The van der Waals surface area contributed by atoms with Gasteiger partial charge in [0.05, 0.1) is 16.6 Å². The maximum Gasteiger partial charge on any atom is 0.338 e. The Morgan fingerprint density at radius 2 is 2.17 bits per heavy atom. The summed E-state index contributed by atoms with van der Waals surface area (Å²) in [6, 6.07) is 0. The number of carboxylic acids is 1. The van der Waals surface area contributed by atoms with Crippen molar-refractivity contribution in [3.05, 3.63) is 21.4 Å². The highest BCUT2D eigenvalue weighted by Crippen LogP contribution is 2.34. The van der Waals surface area contributed by atoms with Crippen LogP contribution in [-0.2, 0) is 11.3 Å². The van der Waals surface area contributed by atoms with Gasteiger partial charge >= 0.3 is 5.97 Å². The molecule has 0 bridgehead atoms. The number of carbonyl (C=O) groups is 1. The molecule has 5 heteroatoms. The molecule has 1 unspecified atom stereocenters. The molecule has 0 fully saturated rings. The number of aromatic carboxylic acids is 1. The fourth-order valence-corrected chi connectivity index (χ4v) is 3.18. The van der Waals surface area contributed by atoms with Crippen molar-refractivity contribution < 1.29 is 14.6 Å². The molecule has 1 aromatic heterocycles. The van der Waals surface area contributed by atoms with Crippen LogP contribution in [0.25, 0.3) is 0 Å². The number of carboxylic acid groups (broad SMARTS) is 1. The van der Waals surface area contributed by atoms with Gasteiger partial charge in [0, 0.05) is 25.0 Å². The Labute approximate surface area is 116 Å². The van der Waals surface area contributed by atoms with E-state index in [2.05, 4.69) is 29.8 Å². The molecule has 0 radical (unpaired) electrons. The van der Waals surface area contributed by atoms with Gasteiger partial charge in [-0.3, -0.25) is 0 Å². The van der Waals surface area contributed by atoms with Crippen molar-refractivity contribution in [2.75, 3.05) is 13.7 Å². The monoisotopic (exact) mass is 317 g/mol. The van der Waals surface area contributed by atoms with Crippen molar-refractivity contribution in [1.82, 2.24) is 4.57 Å². The Hall–Kier alpha value is -0.810. The Morgan fingerprint density at radius 1 is 1.56 bits per heavy atom. The predicted molar refractivity (Wildman–Crippen MR) is 74.4 cm³/mol. The smallest absolute Gasteiger partial charge is 0.338 e. The lowest BCUT2D eigenvalue weighted by Gasteiger charge is -2.16. The lowest BCUT2D eigenvalue weighted by Crippen LogP contribution is -2.11. The lowest BCUT2D eigenvalue weighted by molar-refractivity contribution is 0.0695. The van der Waals surface area contributed by atoms with Crippen molar-refractivity contribution in [1.29, 1.82) is 0 Å². The summed E-state index contributed by atoms with van der Waals surface area (Å²) in [6.45, 7) is 7.29. The van der Waals surface area contributed by atoms with Crippen molar-refractivity contribution in [2.24, 2.45) is 0 Å². The molecule has 4 nitrogen and oxygen atoms in total. The highest BCUT2D eigenvalue weighted by molar-refractivity contribution is 9.10. The number of rotatable bonds is 6. The van der Waals surface area contributed by atoms with Crippen LogP contribution in [0.3, 0.4) is 0 Å². The van der Waals surface area contributed by atoms with Gasteiger partial charge in [-0.15, -0.1) is 0 Å². The number of ether oxygens (including phenoxy) is 1. The van der Waals surface area contributed by atoms with Crippen molar-refractivity contribution >= 4 is 21.9 Å². The van der Waals surface area contributed by atoms with Gasteiger partial charge in [0.1, 0.15) is 0 Å². The summed E-state index contributed by atoms with van der Waals surface area (Å²) in [4.78, 5) is 11.3. The molecule has 1 rings (SSSR count). The molecule has 0 saturated carbocycles. The normalized spacial score (nSPS) is 12.7. The van der Waals surface area contributed by atoms with Crippen molar-refractivity contribution in [3.63, 3.8) is 0 Å². The van der Waals surface area contributed by atoms with Crippen LogP contribution in [-0.4, -0.2) is 29.4 Å². The second kappa shape index (κ2) is 6.38. The Kier molecular flexibility index (Phi) is 5.41. The number of methoxy groups -OCH3 is 1. The van der Waals surface area contributed by atoms with E-state index in [1.165, 1.54) is 0 Å². The van der Waals surface area contributed by atoms with Crippen LogP contribution >= 0.6 is 15.9 Å². The largest absolute Gasteiger partial charge is 0.478 e. The minimum Gasteiger partial charge on any atom is -0.478 e. The molecule has 1 N–H and O–H groups in total. The Balaban J connectivity index is 3.36. The molecule has 0 saturated heterocycles. The third-order valence-electron chi connectivity index (χ3n) is 3.31. The minimum absolute atomic E-state index is 0.308. The molecule has 0 amide bonds. The number of hydrogen-bond acceptors (Lipinski definition) is 2. The van der Waals surface area contributed by atoms with Crippen LogP contribution in [0, 0.1) is 6.92 Å². The second-order valence-corrected chi connectivity index (χ2v) is 5.21. The third kappa shape index (κ3) is 2.78. The highest BCUT2D eigenvalue weighted by atomic mass is 79.9. The molecular weight excluding hydrogens is 298 g/mol. The Morgan fingerprint density at radius 3 is 2.61 bits per heavy atom. The van der Waals surface area contributed by atoms with Crippen molar-refractivity contribution in [3.8, 4) is 0 Å². The summed E-state index contributed by atoms with van der Waals surface area (Å²) in [6.07, 6.45) is 0.966. The average molecular weight is 318 g/mol. The first-order valence-corrected chi connectivity index (χ1v) is 6.85. The molecule has 0 spiro atoms. The van der Waals surface area contributed by atoms with Crippen LogP contribution < -0.4 is 0 Å². The lowest BCUT2D eigenvalue weighted by atomic mass is 10.0. The number of hydrogen-bond donors (Lipinski definition) is 1. The van der Waals surface area contributed by atoms with Crippen LogP contribution in [0.4, 0.5) is 0 Å². The summed E-state index contributed by atoms with van der Waals surface area (Å²) in [5, 5.41) is 9.29. The minimum atomic E-state index is -0.889. The van der Waals surface area contributed by atoms with E-state index in [1.807, 2.05) is 11.5 Å². The van der Waals surface area contributed by atoms with E-state index in [9.17, 15) is 9.90 Å². The fraction of sp³-hybridized carbons (Fsp3) is 0.615. The molecule has 0 aromatic carbocycles. The second-order valence-electron chi connectivity index (χ2n) is 4.42. The fourth-order valence-electron chi connectivity index (χ4n) is 2.12. The van der Waals surface area contributed by atoms with E-state index in [0.717, 1.165) is 17.8 Å². The first-order chi connectivity index (χ1) is 8.45. The van der Waals surface area contributed by atoms with E-state index < -0.39 is 5.97 Å². The van der Waals surface area contributed by atoms with Crippen molar-refractivity contribution in [2.45, 2.75) is 39.7 Å². The molecule has 18 heavy (non-hydrogen) atoms. The van der Waals surface area contributed by atoms with Gasteiger partial charge in [-0.2, -0.15) is 0 Å². The molecule has 1 atom stereocenters. The number of aromatic nitrogens is 1. The molecule has 1 heterocycles. The maximum atomic E-state index is 11.3. The molecule has 0 aliphatic rings. The molecule has 102 valence electrons. The number of nitrogens with zero attached hydrogens (tertiary/aromatic N) is 1. The Bertz CT molecular complexity index is 440. The van der Waals surface area contributed by atoms with E-state index in [1.54, 1.807) is 7.11 Å². The van der Waals surface area contributed by atoms with E-state index in [4.69, 9.17) is 4.74 Å². The zero-order valence-corrected chi connectivity index (χ0v) is 12.9. The first-order valence-electron chi connectivity index (χ1n) is 6.06. The standard InChI is InChI=1S/C13H20BrNO3/c1-5-8(2)12-11(14)10(13(16)17)9(3)15(12)6-7-18-4/h8H,5-7H2,1-4H3,(H,16,17). The summed E-state index contributed by atoms with van der Waals surface area (Å²) in [5.41, 5.74) is 2.19. The SMILES string of the molecule is CCC(C)c1c(Br)c(C(=O)O)c(C)n1CCOC. The molecular formula is C13H20BrNO3. The van der Waals surface area contributed by atoms with Gasteiger partial charge in [-0.25, -0.2) is 4.79 Å². The molecule has 1 aromatic rings. The number of halogens is 1. The maximum absolute atomic E-state index is 11.3. The zero-order chi connectivity index (χ0) is 13.9. The first kappa shape index (κ1) is 15.2. The van der Waals surface area contributed by atoms with Gasteiger partial charge in [0.2, 0.25) is 0 Å². The third-order valence-corrected chi connectivity index (χ3v) is 4.12.